The molecule has 0 atom stereocenters. The fourth-order valence-corrected chi connectivity index (χ4v) is 2.55. The molecule has 0 radical (unpaired) electrons. The zero-order valence-corrected chi connectivity index (χ0v) is 10.8. The van der Waals surface area contributed by atoms with Gasteiger partial charge in [0.15, 0.2) is 11.6 Å². The van der Waals surface area contributed by atoms with Gasteiger partial charge < -0.3 is 11.1 Å². The van der Waals surface area contributed by atoms with Crippen LogP contribution in [0.25, 0.3) is 10.2 Å². The fourth-order valence-electron chi connectivity index (χ4n) is 1.86. The molecule has 3 nitrogen and oxygen atoms in total. The summed E-state index contributed by atoms with van der Waals surface area (Å²) in [7, 11) is 0. The van der Waals surface area contributed by atoms with Crippen molar-refractivity contribution in [1.82, 2.24) is 4.98 Å². The highest BCUT2D eigenvalue weighted by Gasteiger charge is 2.14. The van der Waals surface area contributed by atoms with E-state index in [9.17, 15) is 13.2 Å². The molecular weight excluding hydrogens is 287 g/mol. The Morgan fingerprint density at radius 1 is 1.10 bits per heavy atom. The monoisotopic (exact) mass is 295 g/mol. The third-order valence-corrected chi connectivity index (χ3v) is 3.60. The Labute approximate surface area is 115 Å². The van der Waals surface area contributed by atoms with E-state index >= 15 is 0 Å². The highest BCUT2D eigenvalue weighted by molar-refractivity contribution is 7.16. The Morgan fingerprint density at radius 3 is 2.50 bits per heavy atom. The van der Waals surface area contributed by atoms with Gasteiger partial charge in [0.2, 0.25) is 0 Å². The van der Waals surface area contributed by atoms with Crippen LogP contribution in [-0.2, 0) is 0 Å². The first-order valence-electron chi connectivity index (χ1n) is 5.59. The maximum Gasteiger partial charge on any atom is 0.152 e. The lowest BCUT2D eigenvalue weighted by molar-refractivity contribution is 0.549. The van der Waals surface area contributed by atoms with Crippen LogP contribution in [0.5, 0.6) is 0 Å². The lowest BCUT2D eigenvalue weighted by Crippen LogP contribution is -2.02. The summed E-state index contributed by atoms with van der Waals surface area (Å²) in [6.45, 7) is 0. The van der Waals surface area contributed by atoms with E-state index < -0.39 is 23.1 Å². The minimum absolute atomic E-state index is 0.284. The minimum Gasteiger partial charge on any atom is -0.395 e. The Bertz CT molecular complexity index is 778. The molecule has 1 heterocycles. The molecule has 0 unspecified atom stereocenters. The molecule has 0 spiro atoms. The first-order valence-corrected chi connectivity index (χ1v) is 6.47. The van der Waals surface area contributed by atoms with E-state index in [0.717, 1.165) is 4.70 Å². The van der Waals surface area contributed by atoms with Crippen molar-refractivity contribution >= 4 is 38.6 Å². The number of thiazole rings is 1. The smallest absolute Gasteiger partial charge is 0.152 e. The van der Waals surface area contributed by atoms with E-state index in [1.807, 2.05) is 0 Å². The second-order valence-corrected chi connectivity index (χ2v) is 4.98. The van der Waals surface area contributed by atoms with Crippen molar-refractivity contribution in [3.05, 3.63) is 47.2 Å². The van der Waals surface area contributed by atoms with Crippen LogP contribution in [0.4, 0.5) is 30.2 Å². The summed E-state index contributed by atoms with van der Waals surface area (Å²) in [4.78, 5) is 4.09. The van der Waals surface area contributed by atoms with Crippen LogP contribution in [0.1, 0.15) is 0 Å². The molecule has 0 amide bonds. The third-order valence-electron chi connectivity index (χ3n) is 2.81. The SMILES string of the molecule is Nc1c(Nc2c(F)cc(F)cc2F)ccc2scnc12. The summed E-state index contributed by atoms with van der Waals surface area (Å²) in [5.74, 6) is -3.03. The van der Waals surface area contributed by atoms with Gasteiger partial charge in [0.05, 0.1) is 21.6 Å². The molecule has 3 aromatic rings. The van der Waals surface area contributed by atoms with Gasteiger partial charge in [-0.25, -0.2) is 18.2 Å². The first kappa shape index (κ1) is 12.7. The van der Waals surface area contributed by atoms with Crippen LogP contribution < -0.4 is 11.1 Å². The molecule has 3 rings (SSSR count). The number of fused-ring (bicyclic) bond motifs is 1. The average Bonchev–Trinajstić information content (AvgIpc) is 2.85. The van der Waals surface area contributed by atoms with Crippen molar-refractivity contribution < 1.29 is 13.2 Å². The number of hydrogen-bond acceptors (Lipinski definition) is 4. The van der Waals surface area contributed by atoms with E-state index in [0.29, 0.717) is 23.3 Å². The van der Waals surface area contributed by atoms with Crippen molar-refractivity contribution in [3.8, 4) is 0 Å². The maximum atomic E-state index is 13.6. The lowest BCUT2D eigenvalue weighted by atomic mass is 10.2. The summed E-state index contributed by atoms with van der Waals surface area (Å²) in [6, 6.07) is 4.54. The highest BCUT2D eigenvalue weighted by atomic mass is 32.1. The Morgan fingerprint density at radius 2 is 1.80 bits per heavy atom. The van der Waals surface area contributed by atoms with Gasteiger partial charge in [0.25, 0.3) is 0 Å². The van der Waals surface area contributed by atoms with Gasteiger partial charge in [0.1, 0.15) is 17.0 Å². The fraction of sp³-hybridized carbons (Fsp3) is 0. The predicted octanol–water partition coefficient (Wildman–Crippen LogP) is 4.04. The molecule has 0 aliphatic rings. The molecule has 0 bridgehead atoms. The van der Waals surface area contributed by atoms with E-state index in [-0.39, 0.29) is 5.69 Å². The largest absolute Gasteiger partial charge is 0.395 e. The second-order valence-electron chi connectivity index (χ2n) is 4.10. The van der Waals surface area contributed by atoms with Gasteiger partial charge in [-0.1, -0.05) is 0 Å². The van der Waals surface area contributed by atoms with E-state index in [1.54, 1.807) is 17.6 Å². The molecule has 0 aliphatic carbocycles. The van der Waals surface area contributed by atoms with E-state index in [1.165, 1.54) is 11.3 Å². The average molecular weight is 295 g/mol. The molecule has 1 aromatic heterocycles. The van der Waals surface area contributed by atoms with Crippen LogP contribution in [0, 0.1) is 17.5 Å². The van der Waals surface area contributed by atoms with Gasteiger partial charge >= 0.3 is 0 Å². The number of nitrogen functional groups attached to an aromatic ring is 1. The maximum absolute atomic E-state index is 13.6. The molecule has 20 heavy (non-hydrogen) atoms. The summed E-state index contributed by atoms with van der Waals surface area (Å²) in [5.41, 5.74) is 8.24. The zero-order valence-electron chi connectivity index (χ0n) is 9.95. The van der Waals surface area contributed by atoms with Crippen LogP contribution >= 0.6 is 11.3 Å². The first-order chi connectivity index (χ1) is 9.56. The predicted molar refractivity (Wildman–Crippen MR) is 73.6 cm³/mol. The number of nitrogens with one attached hydrogen (secondary N) is 1. The topological polar surface area (TPSA) is 50.9 Å². The summed E-state index contributed by atoms with van der Waals surface area (Å²) >= 11 is 1.41. The second kappa shape index (κ2) is 4.68. The van der Waals surface area contributed by atoms with Gasteiger partial charge in [-0.05, 0) is 12.1 Å². The molecule has 2 aromatic carbocycles. The standard InChI is InChI=1S/C13H8F3N3S/c14-6-3-7(15)12(8(16)4-6)19-9-1-2-10-13(11(9)17)18-5-20-10/h1-5,19H,17H2. The summed E-state index contributed by atoms with van der Waals surface area (Å²) < 4.78 is 40.9. The van der Waals surface area contributed by atoms with E-state index in [2.05, 4.69) is 10.3 Å². The molecule has 3 N–H and O–H groups in total. The number of rotatable bonds is 2. The molecule has 0 saturated heterocycles. The van der Waals surface area contributed by atoms with Crippen LogP contribution in [-0.4, -0.2) is 4.98 Å². The van der Waals surface area contributed by atoms with Crippen molar-refractivity contribution in [2.24, 2.45) is 0 Å². The number of halogens is 3. The summed E-state index contributed by atoms with van der Waals surface area (Å²) in [6.07, 6.45) is 0. The summed E-state index contributed by atoms with van der Waals surface area (Å²) in [5, 5.41) is 2.54. The van der Waals surface area contributed by atoms with Crippen LogP contribution in [0.3, 0.4) is 0 Å². The number of nitrogens with zero attached hydrogens (tertiary/aromatic N) is 1. The number of aromatic nitrogens is 1. The van der Waals surface area contributed by atoms with Crippen molar-refractivity contribution in [1.29, 1.82) is 0 Å². The minimum atomic E-state index is -1.03. The van der Waals surface area contributed by atoms with Gasteiger partial charge in [-0.2, -0.15) is 0 Å². The quantitative estimate of drug-likeness (QED) is 0.702. The molecule has 0 saturated carbocycles. The van der Waals surface area contributed by atoms with E-state index in [4.69, 9.17) is 5.73 Å². The lowest BCUT2D eigenvalue weighted by Gasteiger charge is -2.11. The number of nitrogens with two attached hydrogens (primary N) is 1. The zero-order chi connectivity index (χ0) is 14.3. The van der Waals surface area contributed by atoms with Gasteiger partial charge in [-0.15, -0.1) is 11.3 Å². The molecule has 0 fully saturated rings. The highest BCUT2D eigenvalue weighted by Crippen LogP contribution is 2.33. The molecule has 0 aliphatic heterocycles. The van der Waals surface area contributed by atoms with Crippen molar-refractivity contribution in [2.45, 2.75) is 0 Å². The Kier molecular flexibility index (Phi) is 2.98. The van der Waals surface area contributed by atoms with Crippen molar-refractivity contribution in [2.75, 3.05) is 11.1 Å². The van der Waals surface area contributed by atoms with Crippen molar-refractivity contribution in [3.63, 3.8) is 0 Å². The molecule has 7 heteroatoms. The molecular formula is C13H8F3N3S. The Hall–Kier alpha value is -2.28. The third kappa shape index (κ3) is 2.05. The number of anilines is 3. The number of hydrogen-bond donors (Lipinski definition) is 2. The van der Waals surface area contributed by atoms with Gasteiger partial charge in [0, 0.05) is 12.1 Å². The van der Waals surface area contributed by atoms with Crippen LogP contribution in [0.2, 0.25) is 0 Å². The molecule has 102 valence electrons. The van der Waals surface area contributed by atoms with Crippen LogP contribution in [0.15, 0.2) is 29.8 Å². The van der Waals surface area contributed by atoms with Gasteiger partial charge in [-0.3, -0.25) is 0 Å². The Balaban J connectivity index is 2.07. The number of benzene rings is 2. The normalized spacial score (nSPS) is 10.9.